The quantitative estimate of drug-likeness (QED) is 0.308. The molecule has 0 bridgehead atoms. The van der Waals surface area contributed by atoms with Crippen molar-refractivity contribution < 1.29 is 9.59 Å². The molecule has 0 spiro atoms. The maximum atomic E-state index is 13.1. The number of hydrogen-bond acceptors (Lipinski definition) is 5. The van der Waals surface area contributed by atoms with Crippen molar-refractivity contribution in [2.75, 3.05) is 17.2 Å². The van der Waals surface area contributed by atoms with E-state index in [4.69, 9.17) is 0 Å². The molecule has 0 unspecified atom stereocenters. The second-order valence-electron chi connectivity index (χ2n) is 9.55. The van der Waals surface area contributed by atoms with Gasteiger partial charge in [-0.25, -0.2) is 9.97 Å². The van der Waals surface area contributed by atoms with Gasteiger partial charge >= 0.3 is 0 Å². The van der Waals surface area contributed by atoms with Gasteiger partial charge in [0.25, 0.3) is 5.91 Å². The van der Waals surface area contributed by atoms with E-state index in [1.54, 1.807) is 12.4 Å². The number of imidazole rings is 1. The zero-order chi connectivity index (χ0) is 24.4. The van der Waals surface area contributed by atoms with Gasteiger partial charge in [0.05, 0.1) is 11.9 Å². The molecule has 2 heterocycles. The standard InChI is InChI=1S/C28H29N5O2/c1-18(2)15-29-26-27-30-16-24(20-10-12-21(13-11-20)25(34)14-19-8-9-19)33(27)17-23(32-26)28(35)31-22-6-4-3-5-7-22/h3-7,10-13,16-19H,8-9,14-15H2,1-2H3,(H,29,32)(H,31,35). The first-order valence-corrected chi connectivity index (χ1v) is 12.1. The summed E-state index contributed by atoms with van der Waals surface area (Å²) in [7, 11) is 0. The van der Waals surface area contributed by atoms with Crippen LogP contribution in [0.1, 0.15) is 54.0 Å². The Balaban J connectivity index is 1.49. The molecule has 2 aromatic heterocycles. The number of nitrogens with one attached hydrogen (secondary N) is 2. The maximum Gasteiger partial charge on any atom is 0.275 e. The molecule has 2 N–H and O–H groups in total. The first-order chi connectivity index (χ1) is 17.0. The Hall–Kier alpha value is -4.00. The molecule has 2 aromatic carbocycles. The lowest BCUT2D eigenvalue weighted by molar-refractivity contribution is 0.0974. The summed E-state index contributed by atoms with van der Waals surface area (Å²) in [6, 6.07) is 16.9. The highest BCUT2D eigenvalue weighted by molar-refractivity contribution is 6.03. The summed E-state index contributed by atoms with van der Waals surface area (Å²) in [5, 5.41) is 6.25. The molecule has 1 aliphatic rings. The van der Waals surface area contributed by atoms with Crippen LogP contribution in [0.25, 0.3) is 16.9 Å². The van der Waals surface area contributed by atoms with Crippen molar-refractivity contribution in [2.24, 2.45) is 11.8 Å². The zero-order valence-electron chi connectivity index (χ0n) is 20.0. The van der Waals surface area contributed by atoms with Crippen LogP contribution in [0.3, 0.4) is 0 Å². The molecule has 178 valence electrons. The summed E-state index contributed by atoms with van der Waals surface area (Å²) in [5.41, 5.74) is 4.10. The lowest BCUT2D eigenvalue weighted by Gasteiger charge is -2.13. The van der Waals surface area contributed by atoms with E-state index in [2.05, 4.69) is 34.4 Å². The Morgan fingerprint density at radius 1 is 1.06 bits per heavy atom. The van der Waals surface area contributed by atoms with Crippen molar-refractivity contribution >= 4 is 28.8 Å². The van der Waals surface area contributed by atoms with Gasteiger partial charge in [-0.05, 0) is 36.8 Å². The second kappa shape index (κ2) is 9.70. The van der Waals surface area contributed by atoms with Crippen LogP contribution in [0, 0.1) is 11.8 Å². The van der Waals surface area contributed by atoms with Crippen LogP contribution in [0.15, 0.2) is 67.0 Å². The molecule has 35 heavy (non-hydrogen) atoms. The normalized spacial score (nSPS) is 13.2. The fourth-order valence-electron chi connectivity index (χ4n) is 3.98. The minimum Gasteiger partial charge on any atom is -0.367 e. The van der Waals surface area contributed by atoms with Gasteiger partial charge in [0.2, 0.25) is 0 Å². The number of Topliss-reactive ketones (excluding diaryl/α,β-unsaturated/α-hetero) is 1. The van der Waals surface area contributed by atoms with Gasteiger partial charge in [0, 0.05) is 36.0 Å². The molecule has 7 nitrogen and oxygen atoms in total. The van der Waals surface area contributed by atoms with Gasteiger partial charge in [-0.15, -0.1) is 0 Å². The van der Waals surface area contributed by atoms with Crippen molar-refractivity contribution in [1.29, 1.82) is 0 Å². The van der Waals surface area contributed by atoms with Crippen LogP contribution in [0.2, 0.25) is 0 Å². The van der Waals surface area contributed by atoms with Crippen LogP contribution in [-0.2, 0) is 0 Å². The molecule has 5 rings (SSSR count). The first-order valence-electron chi connectivity index (χ1n) is 12.1. The molecule has 1 fully saturated rings. The van der Waals surface area contributed by atoms with E-state index < -0.39 is 0 Å². The van der Waals surface area contributed by atoms with Crippen molar-refractivity contribution in [2.45, 2.75) is 33.1 Å². The van der Waals surface area contributed by atoms with Gasteiger partial charge in [-0.1, -0.05) is 56.3 Å². The number of carbonyl (C=O) groups excluding carboxylic acids is 2. The highest BCUT2D eigenvalue weighted by Gasteiger charge is 2.25. The third-order valence-electron chi connectivity index (χ3n) is 6.11. The Morgan fingerprint density at radius 3 is 2.49 bits per heavy atom. The largest absolute Gasteiger partial charge is 0.367 e. The Kier molecular flexibility index (Phi) is 6.31. The van der Waals surface area contributed by atoms with E-state index in [1.807, 2.05) is 59.0 Å². The fourth-order valence-corrected chi connectivity index (χ4v) is 3.98. The third kappa shape index (κ3) is 5.24. The summed E-state index contributed by atoms with van der Waals surface area (Å²) in [4.78, 5) is 34.7. The van der Waals surface area contributed by atoms with E-state index in [0.29, 0.717) is 42.0 Å². The number of para-hydroxylation sites is 1. The SMILES string of the molecule is CC(C)CNc1nc(C(=O)Nc2ccccc2)cn2c(-c3ccc(C(=O)CC4CC4)cc3)cnc12. The van der Waals surface area contributed by atoms with E-state index in [0.717, 1.165) is 29.7 Å². The number of carbonyl (C=O) groups is 2. The summed E-state index contributed by atoms with van der Waals surface area (Å²) in [6.45, 7) is 4.92. The van der Waals surface area contributed by atoms with Crippen molar-refractivity contribution in [3.8, 4) is 11.3 Å². The topological polar surface area (TPSA) is 88.4 Å². The predicted molar refractivity (Wildman–Crippen MR) is 138 cm³/mol. The van der Waals surface area contributed by atoms with Gasteiger partial charge in [0.15, 0.2) is 17.2 Å². The first kappa shape index (κ1) is 22.8. The molecule has 0 atom stereocenters. The highest BCUT2D eigenvalue weighted by Crippen LogP contribution is 2.34. The molecular formula is C28H29N5O2. The van der Waals surface area contributed by atoms with E-state index in [9.17, 15) is 9.59 Å². The molecule has 4 aromatic rings. The Morgan fingerprint density at radius 2 is 1.80 bits per heavy atom. The Labute approximate surface area is 204 Å². The minimum atomic E-state index is -0.300. The lowest BCUT2D eigenvalue weighted by Crippen LogP contribution is -2.17. The number of rotatable bonds is 9. The fraction of sp³-hybridized carbons (Fsp3) is 0.286. The number of aromatic nitrogens is 3. The molecule has 1 aliphatic carbocycles. The molecular weight excluding hydrogens is 438 g/mol. The summed E-state index contributed by atoms with van der Waals surface area (Å²) in [5.74, 6) is 1.41. The van der Waals surface area contributed by atoms with E-state index in [1.165, 1.54) is 0 Å². The number of hydrogen-bond donors (Lipinski definition) is 2. The summed E-state index contributed by atoms with van der Waals surface area (Å²) < 4.78 is 1.89. The van der Waals surface area contributed by atoms with Crippen LogP contribution in [0.4, 0.5) is 11.5 Å². The highest BCUT2D eigenvalue weighted by atomic mass is 16.2. The molecule has 0 aliphatic heterocycles. The third-order valence-corrected chi connectivity index (χ3v) is 6.11. The van der Waals surface area contributed by atoms with Gasteiger partial charge in [-0.3, -0.25) is 14.0 Å². The zero-order valence-corrected chi connectivity index (χ0v) is 20.0. The van der Waals surface area contributed by atoms with Gasteiger partial charge in [0.1, 0.15) is 5.69 Å². The number of fused-ring (bicyclic) bond motifs is 1. The van der Waals surface area contributed by atoms with E-state index in [-0.39, 0.29) is 17.4 Å². The number of nitrogens with zero attached hydrogens (tertiary/aromatic N) is 3. The second-order valence-corrected chi connectivity index (χ2v) is 9.55. The number of amides is 1. The minimum absolute atomic E-state index is 0.196. The molecule has 7 heteroatoms. The molecule has 1 saturated carbocycles. The van der Waals surface area contributed by atoms with Crippen molar-refractivity contribution in [3.05, 3.63) is 78.2 Å². The van der Waals surface area contributed by atoms with Gasteiger partial charge < -0.3 is 10.6 Å². The average Bonchev–Trinajstić information content (AvgIpc) is 3.58. The van der Waals surface area contributed by atoms with Gasteiger partial charge in [-0.2, -0.15) is 0 Å². The smallest absolute Gasteiger partial charge is 0.275 e. The predicted octanol–water partition coefficient (Wildman–Crippen LogP) is 5.70. The summed E-state index contributed by atoms with van der Waals surface area (Å²) in [6.07, 6.45) is 6.44. The maximum absolute atomic E-state index is 13.1. The average molecular weight is 468 g/mol. The van der Waals surface area contributed by atoms with Crippen molar-refractivity contribution in [3.63, 3.8) is 0 Å². The van der Waals surface area contributed by atoms with Crippen LogP contribution in [0.5, 0.6) is 0 Å². The van der Waals surface area contributed by atoms with Crippen LogP contribution >= 0.6 is 0 Å². The monoisotopic (exact) mass is 467 g/mol. The van der Waals surface area contributed by atoms with Crippen LogP contribution in [-0.4, -0.2) is 32.6 Å². The van der Waals surface area contributed by atoms with E-state index >= 15 is 0 Å². The number of ketones is 1. The number of benzene rings is 2. The number of anilines is 2. The molecule has 0 radical (unpaired) electrons. The summed E-state index contributed by atoms with van der Waals surface area (Å²) >= 11 is 0. The van der Waals surface area contributed by atoms with Crippen LogP contribution < -0.4 is 10.6 Å². The van der Waals surface area contributed by atoms with Crippen molar-refractivity contribution in [1.82, 2.24) is 14.4 Å². The Bertz CT molecular complexity index is 1360. The molecule has 1 amide bonds. The molecule has 0 saturated heterocycles. The lowest BCUT2D eigenvalue weighted by atomic mass is 10.0.